The molecule has 22 heavy (non-hydrogen) atoms. The van der Waals surface area contributed by atoms with Crippen molar-refractivity contribution in [3.63, 3.8) is 0 Å². The van der Waals surface area contributed by atoms with Gasteiger partial charge in [-0.3, -0.25) is 15.6 Å². The van der Waals surface area contributed by atoms with Gasteiger partial charge in [0.1, 0.15) is 5.15 Å². The summed E-state index contributed by atoms with van der Waals surface area (Å²) >= 11 is 16.6. The lowest BCUT2D eigenvalue weighted by Crippen LogP contribution is -2.46. The number of nitrogens with zero attached hydrogens (tertiary/aromatic N) is 1. The van der Waals surface area contributed by atoms with Crippen molar-refractivity contribution >= 4 is 46.4 Å². The molecule has 1 heterocycles. The van der Waals surface area contributed by atoms with Crippen LogP contribution in [0, 0.1) is 0 Å². The lowest BCUT2D eigenvalue weighted by Gasteiger charge is -2.11. The average Bonchev–Trinajstić information content (AvgIpc) is 2.54. The van der Waals surface area contributed by atoms with Gasteiger partial charge in [-0.1, -0.05) is 53.5 Å². The Morgan fingerprint density at radius 1 is 1.18 bits per heavy atom. The number of amides is 1. The third-order valence-corrected chi connectivity index (χ3v) is 3.58. The number of carbonyl (C=O) groups is 1. The fourth-order valence-electron chi connectivity index (χ4n) is 1.55. The maximum absolute atomic E-state index is 11.9. The Kier molecular flexibility index (Phi) is 5.94. The maximum Gasteiger partial charge on any atom is 0.271 e. The predicted octanol–water partition coefficient (Wildman–Crippen LogP) is 2.70. The van der Waals surface area contributed by atoms with E-state index in [2.05, 4.69) is 21.2 Å². The van der Waals surface area contributed by atoms with Gasteiger partial charge in [0.05, 0.1) is 10.6 Å². The van der Waals surface area contributed by atoms with E-state index < -0.39 is 5.91 Å². The Labute approximate surface area is 143 Å². The molecule has 0 fully saturated rings. The lowest BCUT2D eigenvalue weighted by atomic mass is 10.2. The van der Waals surface area contributed by atoms with Crippen molar-refractivity contribution in [2.75, 3.05) is 0 Å². The second-order valence-corrected chi connectivity index (χ2v) is 5.42. The molecule has 2 rings (SSSR count). The summed E-state index contributed by atoms with van der Waals surface area (Å²) in [5.41, 5.74) is 6.40. The summed E-state index contributed by atoms with van der Waals surface area (Å²) in [5.74, 6) is -0.421. The normalized spacial score (nSPS) is 9.91. The van der Waals surface area contributed by atoms with Crippen molar-refractivity contribution in [3.05, 3.63) is 63.9 Å². The zero-order chi connectivity index (χ0) is 15.9. The van der Waals surface area contributed by atoms with Crippen LogP contribution in [-0.4, -0.2) is 16.0 Å². The van der Waals surface area contributed by atoms with Crippen LogP contribution in [0.25, 0.3) is 0 Å². The van der Waals surface area contributed by atoms with Gasteiger partial charge in [-0.25, -0.2) is 4.98 Å². The molecule has 0 unspecified atom stereocenters. The third kappa shape index (κ3) is 4.84. The molecule has 1 aromatic carbocycles. The average molecular weight is 355 g/mol. The van der Waals surface area contributed by atoms with Crippen LogP contribution in [0.5, 0.6) is 0 Å². The Morgan fingerprint density at radius 2 is 1.91 bits per heavy atom. The number of benzene rings is 1. The summed E-state index contributed by atoms with van der Waals surface area (Å²) in [6, 6.07) is 11.2. The molecule has 1 aromatic heterocycles. The fourth-order valence-corrected chi connectivity index (χ4v) is 1.95. The summed E-state index contributed by atoms with van der Waals surface area (Å²) in [6.07, 6.45) is 1.33. The number of pyridine rings is 1. The van der Waals surface area contributed by atoms with E-state index in [1.807, 2.05) is 30.3 Å². The molecule has 0 aliphatic rings. The van der Waals surface area contributed by atoms with E-state index in [-0.39, 0.29) is 15.7 Å². The highest BCUT2D eigenvalue weighted by Gasteiger charge is 2.09. The number of aromatic nitrogens is 1. The highest BCUT2D eigenvalue weighted by atomic mass is 35.5. The Hall–Kier alpha value is -1.89. The standard InChI is InChI=1S/C14H12Cl2N4OS/c15-11-6-10(8-17-12(11)16)13(21)19-20-14(22)18-7-9-4-2-1-3-5-9/h1-6,8H,7H2,(H,19,21)(H2,18,20,22). The van der Waals surface area contributed by atoms with Crippen LogP contribution in [0.15, 0.2) is 42.6 Å². The smallest absolute Gasteiger partial charge is 0.271 e. The van der Waals surface area contributed by atoms with E-state index in [1.165, 1.54) is 12.3 Å². The second kappa shape index (κ2) is 7.93. The molecule has 0 spiro atoms. The minimum absolute atomic E-state index is 0.145. The van der Waals surface area contributed by atoms with Gasteiger partial charge in [-0.15, -0.1) is 0 Å². The van der Waals surface area contributed by atoms with E-state index in [1.54, 1.807) is 0 Å². The number of hydrogen-bond donors (Lipinski definition) is 3. The summed E-state index contributed by atoms with van der Waals surface area (Å²) in [6.45, 7) is 0.552. The zero-order valence-corrected chi connectivity index (χ0v) is 13.6. The van der Waals surface area contributed by atoms with Crippen molar-refractivity contribution in [2.45, 2.75) is 6.54 Å². The van der Waals surface area contributed by atoms with Crippen LogP contribution in [0.3, 0.4) is 0 Å². The molecule has 0 atom stereocenters. The zero-order valence-electron chi connectivity index (χ0n) is 11.3. The molecule has 0 saturated carbocycles. The summed E-state index contributed by atoms with van der Waals surface area (Å²) in [4.78, 5) is 15.7. The Balaban J connectivity index is 1.80. The van der Waals surface area contributed by atoms with E-state index in [4.69, 9.17) is 35.4 Å². The van der Waals surface area contributed by atoms with Crippen molar-refractivity contribution in [1.82, 2.24) is 21.2 Å². The lowest BCUT2D eigenvalue weighted by molar-refractivity contribution is 0.0943. The van der Waals surface area contributed by atoms with Crippen LogP contribution >= 0.6 is 35.4 Å². The highest BCUT2D eigenvalue weighted by Crippen LogP contribution is 2.19. The first-order valence-electron chi connectivity index (χ1n) is 6.25. The number of hydrazine groups is 1. The van der Waals surface area contributed by atoms with Gasteiger partial charge in [0.2, 0.25) is 0 Å². The van der Waals surface area contributed by atoms with Crippen LogP contribution in [0.1, 0.15) is 15.9 Å². The number of thiocarbonyl (C=S) groups is 1. The minimum Gasteiger partial charge on any atom is -0.357 e. The molecule has 0 saturated heterocycles. The molecule has 0 aliphatic heterocycles. The van der Waals surface area contributed by atoms with E-state index in [0.717, 1.165) is 5.56 Å². The monoisotopic (exact) mass is 354 g/mol. The Morgan fingerprint density at radius 3 is 2.59 bits per heavy atom. The quantitative estimate of drug-likeness (QED) is 0.449. The first-order chi connectivity index (χ1) is 10.6. The number of halogens is 2. The van der Waals surface area contributed by atoms with E-state index in [9.17, 15) is 4.79 Å². The molecule has 2 aromatic rings. The topological polar surface area (TPSA) is 66.1 Å². The number of carbonyl (C=O) groups excluding carboxylic acids is 1. The van der Waals surface area contributed by atoms with Crippen LogP contribution in [0.4, 0.5) is 0 Å². The van der Waals surface area contributed by atoms with Crippen molar-refractivity contribution in [1.29, 1.82) is 0 Å². The predicted molar refractivity (Wildman–Crippen MR) is 90.7 cm³/mol. The molecule has 114 valence electrons. The molecule has 3 N–H and O–H groups in total. The van der Waals surface area contributed by atoms with Crippen LogP contribution in [0.2, 0.25) is 10.2 Å². The van der Waals surface area contributed by atoms with Crippen molar-refractivity contribution in [2.24, 2.45) is 0 Å². The molecule has 0 bridgehead atoms. The van der Waals surface area contributed by atoms with Gasteiger partial charge >= 0.3 is 0 Å². The first-order valence-corrected chi connectivity index (χ1v) is 7.42. The van der Waals surface area contributed by atoms with E-state index in [0.29, 0.717) is 11.7 Å². The van der Waals surface area contributed by atoms with Crippen LogP contribution < -0.4 is 16.2 Å². The molecule has 0 aliphatic carbocycles. The van der Waals surface area contributed by atoms with Gasteiger partial charge in [0.25, 0.3) is 5.91 Å². The molecular weight excluding hydrogens is 343 g/mol. The SMILES string of the molecule is O=C(NNC(=S)NCc1ccccc1)c1cnc(Cl)c(Cl)c1. The molecule has 5 nitrogen and oxygen atoms in total. The highest BCUT2D eigenvalue weighted by molar-refractivity contribution is 7.80. The van der Waals surface area contributed by atoms with Gasteiger partial charge in [-0.2, -0.15) is 0 Å². The molecule has 0 radical (unpaired) electrons. The largest absolute Gasteiger partial charge is 0.357 e. The number of nitrogens with one attached hydrogen (secondary N) is 3. The van der Waals surface area contributed by atoms with Gasteiger partial charge in [-0.05, 0) is 23.8 Å². The second-order valence-electron chi connectivity index (χ2n) is 4.24. The number of rotatable bonds is 3. The van der Waals surface area contributed by atoms with Crippen molar-refractivity contribution in [3.8, 4) is 0 Å². The fraction of sp³-hybridized carbons (Fsp3) is 0.0714. The van der Waals surface area contributed by atoms with Gasteiger partial charge < -0.3 is 5.32 Å². The third-order valence-electron chi connectivity index (χ3n) is 2.64. The van der Waals surface area contributed by atoms with Crippen molar-refractivity contribution < 1.29 is 4.79 Å². The molecule has 8 heteroatoms. The summed E-state index contributed by atoms with van der Waals surface area (Å²) < 4.78 is 0. The van der Waals surface area contributed by atoms with Crippen LogP contribution in [-0.2, 0) is 6.54 Å². The van der Waals surface area contributed by atoms with E-state index >= 15 is 0 Å². The first kappa shape index (κ1) is 16.5. The van der Waals surface area contributed by atoms with Gasteiger partial charge in [0.15, 0.2) is 5.11 Å². The molecular formula is C14H12Cl2N4OS. The molecule has 1 amide bonds. The summed E-state index contributed by atoms with van der Waals surface area (Å²) in [7, 11) is 0. The maximum atomic E-state index is 11.9. The summed E-state index contributed by atoms with van der Waals surface area (Å²) in [5, 5.41) is 3.62. The van der Waals surface area contributed by atoms with Gasteiger partial charge in [0, 0.05) is 12.7 Å². The minimum atomic E-state index is -0.421. The Bertz CT molecular complexity index is 682. The number of hydrogen-bond acceptors (Lipinski definition) is 3.